The van der Waals surface area contributed by atoms with Crippen LogP contribution in [0.4, 0.5) is 34.1 Å². The lowest BCUT2D eigenvalue weighted by Crippen LogP contribution is -2.61. The molecule has 0 fully saturated rings. The van der Waals surface area contributed by atoms with E-state index in [1.54, 1.807) is 0 Å². The van der Waals surface area contributed by atoms with Crippen LogP contribution >= 0.6 is 0 Å². The summed E-state index contributed by atoms with van der Waals surface area (Å²) < 4.78 is 4.98. The smallest absolute Gasteiger partial charge is 0.252 e. The van der Waals surface area contributed by atoms with Crippen LogP contribution in [0.1, 0.15) is 131 Å². The van der Waals surface area contributed by atoms with Crippen molar-refractivity contribution in [1.29, 1.82) is 0 Å². The molecule has 0 radical (unpaired) electrons. The predicted octanol–water partition coefficient (Wildman–Crippen LogP) is 21.5. The molecule has 3 aliphatic rings. The summed E-state index contributed by atoms with van der Waals surface area (Å²) in [6.07, 6.45) is 2.37. The van der Waals surface area contributed by atoms with Gasteiger partial charge in [-0.15, -0.1) is 0 Å². The third-order valence-corrected chi connectivity index (χ3v) is 21.0. The van der Waals surface area contributed by atoms with E-state index in [1.807, 2.05) is 0 Å². The minimum Gasteiger partial charge on any atom is -0.311 e. The van der Waals surface area contributed by atoms with Gasteiger partial charge in [-0.05, 0) is 191 Å². The fraction of sp³-hybridized carbons (Fsp3) is 0.233. The van der Waals surface area contributed by atoms with Crippen LogP contribution in [0.2, 0.25) is 0 Å². The van der Waals surface area contributed by atoms with Gasteiger partial charge < -0.3 is 18.9 Å². The fourth-order valence-electron chi connectivity index (χ4n) is 15.7. The first kappa shape index (κ1) is 56.9. The summed E-state index contributed by atoms with van der Waals surface area (Å²) in [4.78, 5) is 5.29. The van der Waals surface area contributed by atoms with Gasteiger partial charge in [0, 0.05) is 67.0 Å². The molecule has 4 nitrogen and oxygen atoms in total. The summed E-state index contributed by atoms with van der Waals surface area (Å²) >= 11 is 0. The Bertz CT molecular complexity index is 4980. The standard InChI is InChI=1S/C86H81BN4/c1-82(2,3)58-35-30-55(31-36-58)57-47-79-81-80(48-57)91(64-50-59(83(4,5)6)49-60(51-64)84(7,8)9)78-53-63(90-75-28-20-16-24-67(75)68-25-17-21-29-76(68)90)40-43-72(78)87(81)71-42-39-62(89-73-26-18-14-22-65(73)66-23-15-19-27-74(66)89)52-77(71)88(79)61-37-32-54(33-38-61)56-34-41-69-70(46-56)86(12,13)45-44-85(69,10)11/h14-43,46-53H,44-45H2,1-13H3. The highest BCUT2D eigenvalue weighted by molar-refractivity contribution is 7.00. The van der Waals surface area contributed by atoms with Crippen molar-refractivity contribution in [2.45, 2.75) is 130 Å². The van der Waals surface area contributed by atoms with Gasteiger partial charge in [0.25, 0.3) is 6.71 Å². The predicted molar refractivity (Wildman–Crippen MR) is 391 cm³/mol. The first-order valence-corrected chi connectivity index (χ1v) is 33.1. The Balaban J connectivity index is 1.01. The lowest BCUT2D eigenvalue weighted by Gasteiger charge is -2.45. The average Bonchev–Trinajstić information content (AvgIpc) is 1.30. The summed E-state index contributed by atoms with van der Waals surface area (Å²) in [5.74, 6) is 0. The second-order valence-electron chi connectivity index (χ2n) is 30.9. The largest absolute Gasteiger partial charge is 0.311 e. The van der Waals surface area contributed by atoms with Crippen LogP contribution in [-0.4, -0.2) is 15.8 Å². The van der Waals surface area contributed by atoms with Crippen molar-refractivity contribution in [2.24, 2.45) is 0 Å². The van der Waals surface area contributed by atoms with Crippen molar-refractivity contribution >= 4 is 101 Å². The number of benzene rings is 11. The number of para-hydroxylation sites is 4. The Hall–Kier alpha value is -9.32. The van der Waals surface area contributed by atoms with Crippen LogP contribution < -0.4 is 26.2 Å². The van der Waals surface area contributed by atoms with Crippen molar-refractivity contribution in [3.05, 3.63) is 258 Å². The van der Waals surface area contributed by atoms with Crippen molar-refractivity contribution in [2.75, 3.05) is 9.80 Å². The lowest BCUT2D eigenvalue weighted by molar-refractivity contribution is 0.332. The van der Waals surface area contributed by atoms with Crippen LogP contribution in [0.5, 0.6) is 0 Å². The van der Waals surface area contributed by atoms with E-state index in [1.165, 1.54) is 151 Å². The molecule has 2 aliphatic heterocycles. The molecule has 2 aromatic heterocycles. The third-order valence-electron chi connectivity index (χ3n) is 21.0. The normalized spacial score (nSPS) is 15.1. The summed E-state index contributed by atoms with van der Waals surface area (Å²) in [7, 11) is 0. The van der Waals surface area contributed by atoms with Gasteiger partial charge in [0.2, 0.25) is 0 Å². The monoisotopic (exact) mass is 1180 g/mol. The van der Waals surface area contributed by atoms with Gasteiger partial charge in [0.15, 0.2) is 0 Å². The maximum atomic E-state index is 2.66. The van der Waals surface area contributed by atoms with Gasteiger partial charge in [-0.25, -0.2) is 0 Å². The summed E-state index contributed by atoms with van der Waals surface area (Å²) in [6.45, 7) is 30.7. The van der Waals surface area contributed by atoms with Crippen LogP contribution in [0.25, 0.3) is 77.2 Å². The molecule has 13 aromatic rings. The van der Waals surface area contributed by atoms with E-state index in [-0.39, 0.29) is 33.8 Å². The van der Waals surface area contributed by atoms with Crippen molar-refractivity contribution in [3.63, 3.8) is 0 Å². The Labute approximate surface area is 538 Å². The van der Waals surface area contributed by atoms with E-state index in [0.29, 0.717) is 0 Å². The molecule has 0 spiro atoms. The molecule has 5 heteroatoms. The molecule has 448 valence electrons. The fourth-order valence-corrected chi connectivity index (χ4v) is 15.7. The maximum Gasteiger partial charge on any atom is 0.252 e. The van der Waals surface area contributed by atoms with Crippen molar-refractivity contribution in [3.8, 4) is 33.6 Å². The number of hydrogen-bond donors (Lipinski definition) is 0. The summed E-state index contributed by atoms with van der Waals surface area (Å²) in [6, 6.07) is 89.3. The maximum absolute atomic E-state index is 2.66. The van der Waals surface area contributed by atoms with Gasteiger partial charge in [-0.2, -0.15) is 0 Å². The molecule has 0 N–H and O–H groups in total. The van der Waals surface area contributed by atoms with Crippen LogP contribution in [-0.2, 0) is 27.1 Å². The number of nitrogens with zero attached hydrogens (tertiary/aromatic N) is 4. The SMILES string of the molecule is CC(C)(C)c1ccc(-c2cc3c4c(c2)N(c2cc(C(C)(C)C)cc(C(C)(C)C)c2)c2cc(-n5c6ccccc6c6ccccc65)ccc2B4c2ccc(-n4c5ccccc5c5ccccc54)cc2N3c2ccc(-c3ccc4c(c3)C(C)(C)CCC4(C)C)cc2)cc1. The number of rotatable bonds is 6. The van der Waals surface area contributed by atoms with E-state index in [9.17, 15) is 0 Å². The quantitative estimate of drug-likeness (QED) is 0.154. The average molecular weight is 1180 g/mol. The first-order valence-electron chi connectivity index (χ1n) is 33.1. The highest BCUT2D eigenvalue weighted by Gasteiger charge is 2.45. The lowest BCUT2D eigenvalue weighted by atomic mass is 9.33. The van der Waals surface area contributed by atoms with Gasteiger partial charge in [0.05, 0.1) is 22.1 Å². The van der Waals surface area contributed by atoms with Crippen molar-refractivity contribution < 1.29 is 0 Å². The molecule has 0 saturated carbocycles. The second-order valence-corrected chi connectivity index (χ2v) is 30.9. The molecule has 91 heavy (non-hydrogen) atoms. The van der Waals surface area contributed by atoms with Gasteiger partial charge >= 0.3 is 0 Å². The molecule has 4 heterocycles. The third kappa shape index (κ3) is 9.07. The molecule has 11 aromatic carbocycles. The zero-order valence-corrected chi connectivity index (χ0v) is 55.2. The van der Waals surface area contributed by atoms with E-state index in [0.717, 1.165) is 17.1 Å². The molecule has 0 atom stereocenters. The minimum atomic E-state index is -0.130. The molecule has 0 amide bonds. The molecule has 0 bridgehead atoms. The van der Waals surface area contributed by atoms with E-state index in [2.05, 4.69) is 339 Å². The van der Waals surface area contributed by atoms with Crippen LogP contribution in [0.3, 0.4) is 0 Å². The molecule has 0 saturated heterocycles. The molecule has 1 aliphatic carbocycles. The van der Waals surface area contributed by atoms with E-state index in [4.69, 9.17) is 0 Å². The number of aromatic nitrogens is 2. The Morgan fingerprint density at radius 3 is 1.14 bits per heavy atom. The zero-order valence-electron chi connectivity index (χ0n) is 55.2. The number of fused-ring (bicyclic) bond motifs is 11. The molecular weight excluding hydrogens is 1100 g/mol. The number of anilines is 6. The van der Waals surface area contributed by atoms with E-state index < -0.39 is 0 Å². The highest BCUT2D eigenvalue weighted by atomic mass is 15.2. The topological polar surface area (TPSA) is 16.3 Å². The second kappa shape index (κ2) is 20.1. The molecular formula is C86H81BN4. The highest BCUT2D eigenvalue weighted by Crippen LogP contribution is 2.51. The first-order chi connectivity index (χ1) is 43.5. The summed E-state index contributed by atoms with van der Waals surface area (Å²) in [5, 5.41) is 5.00. The van der Waals surface area contributed by atoms with Gasteiger partial charge in [-0.1, -0.05) is 236 Å². The van der Waals surface area contributed by atoms with Gasteiger partial charge in [0.1, 0.15) is 0 Å². The zero-order chi connectivity index (χ0) is 62.8. The summed E-state index contributed by atoms with van der Waals surface area (Å²) in [5.41, 5.74) is 29.6. The Morgan fingerprint density at radius 1 is 0.308 bits per heavy atom. The van der Waals surface area contributed by atoms with Crippen LogP contribution in [0.15, 0.2) is 231 Å². The Morgan fingerprint density at radius 2 is 0.692 bits per heavy atom. The minimum absolute atomic E-state index is 0.00232. The van der Waals surface area contributed by atoms with Gasteiger partial charge in [-0.3, -0.25) is 0 Å². The Kier molecular flexibility index (Phi) is 12.6. The number of hydrogen-bond acceptors (Lipinski definition) is 2. The van der Waals surface area contributed by atoms with Crippen molar-refractivity contribution in [1.82, 2.24) is 9.13 Å². The van der Waals surface area contributed by atoms with E-state index >= 15 is 0 Å². The molecule has 16 rings (SSSR count). The van der Waals surface area contributed by atoms with Crippen LogP contribution in [0, 0.1) is 0 Å². The molecule has 0 unspecified atom stereocenters.